The second-order valence-electron chi connectivity index (χ2n) is 6.77. The van der Waals surface area contributed by atoms with Crippen molar-refractivity contribution in [2.45, 2.75) is 32.4 Å². The molecule has 0 unspecified atom stereocenters. The molecule has 1 saturated heterocycles. The summed E-state index contributed by atoms with van der Waals surface area (Å²) in [5.74, 6) is 1.53. The summed E-state index contributed by atoms with van der Waals surface area (Å²) in [6.07, 6.45) is 2.42. The Morgan fingerprint density at radius 3 is 2.70 bits per heavy atom. The molecule has 150 valence electrons. The van der Waals surface area contributed by atoms with Crippen molar-refractivity contribution in [2.75, 3.05) is 47.4 Å². The third kappa shape index (κ3) is 6.75. The number of hydrogen-bond donors (Lipinski definition) is 1. The molecule has 1 aliphatic heterocycles. The molecular weight excluding hydrogens is 344 g/mol. The van der Waals surface area contributed by atoms with Gasteiger partial charge in [0.25, 0.3) is 5.91 Å². The van der Waals surface area contributed by atoms with E-state index in [9.17, 15) is 4.79 Å². The number of carbonyl (C=O) groups is 1. The highest BCUT2D eigenvalue weighted by Crippen LogP contribution is 2.15. The van der Waals surface area contributed by atoms with E-state index in [1.54, 1.807) is 14.1 Å². The molecule has 1 heterocycles. The van der Waals surface area contributed by atoms with Gasteiger partial charge in [-0.15, -0.1) is 0 Å². The van der Waals surface area contributed by atoms with Gasteiger partial charge in [0.1, 0.15) is 5.75 Å². The van der Waals surface area contributed by atoms with Gasteiger partial charge < -0.3 is 24.6 Å². The van der Waals surface area contributed by atoms with Crippen LogP contribution in [0, 0.1) is 0 Å². The number of hydrogen-bond acceptors (Lipinski definition) is 4. The molecule has 0 saturated carbocycles. The predicted octanol–water partition coefficient (Wildman–Crippen LogP) is 1.73. The number of guanidine groups is 1. The number of carbonyl (C=O) groups excluding carboxylic acids is 1. The van der Waals surface area contributed by atoms with Crippen molar-refractivity contribution < 1.29 is 14.3 Å². The molecule has 1 aromatic carbocycles. The Hall–Kier alpha value is -2.28. The molecule has 0 atom stereocenters. The zero-order valence-corrected chi connectivity index (χ0v) is 16.9. The Morgan fingerprint density at radius 1 is 1.33 bits per heavy atom. The van der Waals surface area contributed by atoms with E-state index in [1.165, 1.54) is 4.90 Å². The lowest BCUT2D eigenvalue weighted by atomic mass is 10.1. The summed E-state index contributed by atoms with van der Waals surface area (Å²) < 4.78 is 11.3. The molecule has 0 radical (unpaired) electrons. The number of ether oxygens (including phenoxy) is 2. The molecule has 2 rings (SSSR count). The topological polar surface area (TPSA) is 66.4 Å². The summed E-state index contributed by atoms with van der Waals surface area (Å²) in [5.41, 5.74) is 1.08. The molecule has 0 aromatic heterocycles. The maximum Gasteiger partial charge on any atom is 0.259 e. The van der Waals surface area contributed by atoms with Gasteiger partial charge >= 0.3 is 0 Å². The van der Waals surface area contributed by atoms with E-state index in [2.05, 4.69) is 15.2 Å². The highest BCUT2D eigenvalue weighted by Gasteiger charge is 2.21. The van der Waals surface area contributed by atoms with Gasteiger partial charge in [-0.2, -0.15) is 0 Å². The first-order chi connectivity index (χ1) is 13.0. The summed E-state index contributed by atoms with van der Waals surface area (Å²) in [7, 11) is 5.24. The Kier molecular flexibility index (Phi) is 8.39. The average Bonchev–Trinajstić information content (AvgIpc) is 2.68. The number of rotatable bonds is 7. The van der Waals surface area contributed by atoms with Crippen LogP contribution in [0.3, 0.4) is 0 Å². The normalized spacial score (nSPS) is 15.6. The Labute approximate surface area is 162 Å². The quantitative estimate of drug-likeness (QED) is 0.580. The number of amides is 1. The van der Waals surface area contributed by atoms with E-state index in [1.807, 2.05) is 38.2 Å². The number of nitrogens with zero attached hydrogens (tertiary/aromatic N) is 3. The maximum atomic E-state index is 11.7. The first-order valence-electron chi connectivity index (χ1n) is 9.52. The first kappa shape index (κ1) is 21.0. The van der Waals surface area contributed by atoms with Crippen LogP contribution in [0.5, 0.6) is 5.75 Å². The number of piperidine rings is 1. The molecule has 1 N–H and O–H groups in total. The standard InChI is InChI=1S/C20H32N4O3/c1-5-26-17-9-11-24(12-10-17)20(21-2)22-14-16-7-6-8-18(13-16)27-15-19(25)23(3)4/h6-8,13,17H,5,9-12,14-15H2,1-4H3,(H,21,22). The molecular formula is C20H32N4O3. The van der Waals surface area contributed by atoms with Crippen molar-refractivity contribution in [1.82, 2.24) is 15.1 Å². The van der Waals surface area contributed by atoms with E-state index in [0.717, 1.165) is 44.1 Å². The molecule has 7 heteroatoms. The molecule has 1 aliphatic rings. The summed E-state index contributed by atoms with van der Waals surface area (Å²) in [6.45, 7) is 5.40. The minimum atomic E-state index is -0.0608. The molecule has 1 amide bonds. The van der Waals surface area contributed by atoms with Crippen molar-refractivity contribution in [3.05, 3.63) is 29.8 Å². The SMILES string of the molecule is CCOC1CCN(C(=NC)NCc2cccc(OCC(=O)N(C)C)c2)CC1. The van der Waals surface area contributed by atoms with E-state index in [4.69, 9.17) is 9.47 Å². The van der Waals surface area contributed by atoms with E-state index < -0.39 is 0 Å². The van der Waals surface area contributed by atoms with Crippen molar-refractivity contribution in [3.63, 3.8) is 0 Å². The number of benzene rings is 1. The van der Waals surface area contributed by atoms with Crippen LogP contribution in [-0.4, -0.2) is 75.2 Å². The molecule has 0 spiro atoms. The van der Waals surface area contributed by atoms with Crippen LogP contribution < -0.4 is 10.1 Å². The van der Waals surface area contributed by atoms with Crippen LogP contribution in [0.2, 0.25) is 0 Å². The smallest absolute Gasteiger partial charge is 0.259 e. The van der Waals surface area contributed by atoms with Crippen LogP contribution in [-0.2, 0) is 16.1 Å². The zero-order valence-electron chi connectivity index (χ0n) is 16.9. The monoisotopic (exact) mass is 376 g/mol. The molecule has 1 aromatic rings. The largest absolute Gasteiger partial charge is 0.484 e. The third-order valence-corrected chi connectivity index (χ3v) is 4.57. The fourth-order valence-electron chi connectivity index (χ4n) is 3.00. The summed E-state index contributed by atoms with van der Waals surface area (Å²) in [5, 5.41) is 3.42. The number of nitrogens with one attached hydrogen (secondary N) is 1. The lowest BCUT2D eigenvalue weighted by Gasteiger charge is -2.34. The van der Waals surface area contributed by atoms with E-state index in [0.29, 0.717) is 18.4 Å². The van der Waals surface area contributed by atoms with Gasteiger partial charge in [0, 0.05) is 47.4 Å². The Morgan fingerprint density at radius 2 is 2.07 bits per heavy atom. The van der Waals surface area contributed by atoms with Crippen LogP contribution in [0.15, 0.2) is 29.3 Å². The van der Waals surface area contributed by atoms with E-state index >= 15 is 0 Å². The first-order valence-corrected chi connectivity index (χ1v) is 9.52. The number of aliphatic imine (C=N–C) groups is 1. The van der Waals surface area contributed by atoms with Gasteiger partial charge in [0.15, 0.2) is 12.6 Å². The van der Waals surface area contributed by atoms with Crippen molar-refractivity contribution in [2.24, 2.45) is 4.99 Å². The lowest BCUT2D eigenvalue weighted by Crippen LogP contribution is -2.46. The zero-order chi connectivity index (χ0) is 19.6. The van der Waals surface area contributed by atoms with E-state index in [-0.39, 0.29) is 12.5 Å². The van der Waals surface area contributed by atoms with Gasteiger partial charge in [-0.25, -0.2) is 0 Å². The second-order valence-corrected chi connectivity index (χ2v) is 6.77. The molecule has 0 bridgehead atoms. The highest BCUT2D eigenvalue weighted by atomic mass is 16.5. The van der Waals surface area contributed by atoms with Gasteiger partial charge in [-0.05, 0) is 37.5 Å². The molecule has 1 fully saturated rings. The summed E-state index contributed by atoms with van der Waals surface area (Å²) in [4.78, 5) is 19.8. The molecule has 0 aliphatic carbocycles. The number of likely N-dealkylation sites (tertiary alicyclic amines) is 1. The minimum absolute atomic E-state index is 0.0420. The lowest BCUT2D eigenvalue weighted by molar-refractivity contribution is -0.130. The predicted molar refractivity (Wildman–Crippen MR) is 107 cm³/mol. The van der Waals surface area contributed by atoms with Crippen molar-refractivity contribution in [3.8, 4) is 5.75 Å². The van der Waals surface area contributed by atoms with Crippen LogP contribution >= 0.6 is 0 Å². The van der Waals surface area contributed by atoms with Gasteiger partial charge in [-0.3, -0.25) is 9.79 Å². The number of likely N-dealkylation sites (N-methyl/N-ethyl adjacent to an activating group) is 1. The summed E-state index contributed by atoms with van der Waals surface area (Å²) >= 11 is 0. The minimum Gasteiger partial charge on any atom is -0.484 e. The van der Waals surface area contributed by atoms with Crippen LogP contribution in [0.4, 0.5) is 0 Å². The van der Waals surface area contributed by atoms with Crippen molar-refractivity contribution >= 4 is 11.9 Å². The van der Waals surface area contributed by atoms with Gasteiger partial charge in [-0.1, -0.05) is 12.1 Å². The Balaban J connectivity index is 1.84. The van der Waals surface area contributed by atoms with Crippen LogP contribution in [0.1, 0.15) is 25.3 Å². The molecule has 7 nitrogen and oxygen atoms in total. The third-order valence-electron chi connectivity index (χ3n) is 4.57. The Bertz CT molecular complexity index is 625. The maximum absolute atomic E-state index is 11.7. The summed E-state index contributed by atoms with van der Waals surface area (Å²) in [6, 6.07) is 7.77. The van der Waals surface area contributed by atoms with Gasteiger partial charge in [0.05, 0.1) is 6.10 Å². The fraction of sp³-hybridized carbons (Fsp3) is 0.600. The fourth-order valence-corrected chi connectivity index (χ4v) is 3.00. The van der Waals surface area contributed by atoms with Crippen LogP contribution in [0.25, 0.3) is 0 Å². The average molecular weight is 377 g/mol. The second kappa shape index (κ2) is 10.8. The van der Waals surface area contributed by atoms with Gasteiger partial charge in [0.2, 0.25) is 0 Å². The van der Waals surface area contributed by atoms with Crippen molar-refractivity contribution in [1.29, 1.82) is 0 Å². The molecule has 27 heavy (non-hydrogen) atoms. The highest BCUT2D eigenvalue weighted by molar-refractivity contribution is 5.80.